The van der Waals surface area contributed by atoms with Crippen LogP contribution in [0.25, 0.3) is 0 Å². The zero-order valence-corrected chi connectivity index (χ0v) is 20.4. The number of amides is 1. The van der Waals surface area contributed by atoms with Gasteiger partial charge in [0.05, 0.1) is 17.8 Å². The molecule has 3 aliphatic heterocycles. The molecule has 3 aliphatic rings. The highest BCUT2D eigenvalue weighted by Gasteiger charge is 2.45. The van der Waals surface area contributed by atoms with Crippen LogP contribution in [-0.2, 0) is 24.2 Å². The lowest BCUT2D eigenvalue weighted by molar-refractivity contribution is 0.0122. The van der Waals surface area contributed by atoms with Crippen molar-refractivity contribution in [1.29, 1.82) is 0 Å². The minimum atomic E-state index is -0.488. The van der Waals surface area contributed by atoms with Crippen molar-refractivity contribution in [3.8, 4) is 0 Å². The van der Waals surface area contributed by atoms with E-state index in [4.69, 9.17) is 16.3 Å². The van der Waals surface area contributed by atoms with Crippen LogP contribution in [0.15, 0.2) is 30.3 Å². The van der Waals surface area contributed by atoms with Crippen molar-refractivity contribution >= 4 is 23.5 Å². The van der Waals surface area contributed by atoms with Crippen molar-refractivity contribution in [2.24, 2.45) is 0 Å². The van der Waals surface area contributed by atoms with E-state index in [1.54, 1.807) is 0 Å². The minimum Gasteiger partial charge on any atom is -0.444 e. The third-order valence-electron chi connectivity index (χ3n) is 6.73. The average Bonchev–Trinajstić information content (AvgIpc) is 3.02. The molecular weight excluding hydrogens is 438 g/mol. The Balaban J connectivity index is 1.33. The Morgan fingerprint density at radius 2 is 1.82 bits per heavy atom. The smallest absolute Gasteiger partial charge is 0.410 e. The summed E-state index contributed by atoms with van der Waals surface area (Å²) in [5.74, 6) is 0.949. The lowest BCUT2D eigenvalue weighted by Gasteiger charge is -2.42. The van der Waals surface area contributed by atoms with Gasteiger partial charge in [-0.05, 0) is 57.2 Å². The summed E-state index contributed by atoms with van der Waals surface area (Å²) in [6.07, 6.45) is 2.68. The second-order valence-electron chi connectivity index (χ2n) is 10.4. The summed E-state index contributed by atoms with van der Waals surface area (Å²) in [6, 6.07) is 10.8. The maximum absolute atomic E-state index is 12.8. The van der Waals surface area contributed by atoms with E-state index in [9.17, 15) is 4.79 Å². The standard InChI is InChI=1S/C25H32ClN5O2/c1-25(2,3)33-24(32)31-18-9-10-19(31)15-30(14-18)22-20-11-12-29(13-17-7-5-4-6-8-17)16-21(20)27-23(26)28-22/h4-8,18-19H,9-16H2,1-3H3. The fraction of sp³-hybridized carbons (Fsp3) is 0.560. The first kappa shape index (κ1) is 22.4. The van der Waals surface area contributed by atoms with Crippen LogP contribution in [0.4, 0.5) is 10.6 Å². The Kier molecular flexibility index (Phi) is 5.95. The zero-order chi connectivity index (χ0) is 23.2. The molecule has 0 aliphatic carbocycles. The number of anilines is 1. The van der Waals surface area contributed by atoms with Gasteiger partial charge in [0.25, 0.3) is 0 Å². The molecule has 0 saturated carbocycles. The van der Waals surface area contributed by atoms with E-state index in [-0.39, 0.29) is 18.2 Å². The van der Waals surface area contributed by atoms with Crippen molar-refractivity contribution in [2.75, 3.05) is 24.5 Å². The summed E-state index contributed by atoms with van der Waals surface area (Å²) in [6.45, 7) is 9.88. The summed E-state index contributed by atoms with van der Waals surface area (Å²) in [7, 11) is 0. The monoisotopic (exact) mass is 469 g/mol. The van der Waals surface area contributed by atoms with Gasteiger partial charge in [-0.2, -0.15) is 0 Å². The molecule has 0 radical (unpaired) electrons. The minimum absolute atomic E-state index is 0.140. The van der Waals surface area contributed by atoms with Crippen molar-refractivity contribution in [3.63, 3.8) is 0 Å². The van der Waals surface area contributed by atoms with Gasteiger partial charge >= 0.3 is 6.09 Å². The highest BCUT2D eigenvalue weighted by molar-refractivity contribution is 6.28. The van der Waals surface area contributed by atoms with Gasteiger partial charge in [0, 0.05) is 38.3 Å². The second kappa shape index (κ2) is 8.76. The van der Waals surface area contributed by atoms with Gasteiger partial charge in [0.2, 0.25) is 5.28 Å². The van der Waals surface area contributed by atoms with E-state index in [0.717, 1.165) is 63.5 Å². The number of rotatable bonds is 3. The molecule has 1 aromatic carbocycles. The van der Waals surface area contributed by atoms with Crippen LogP contribution in [0, 0.1) is 0 Å². The van der Waals surface area contributed by atoms with Crippen molar-refractivity contribution < 1.29 is 9.53 Å². The Morgan fingerprint density at radius 3 is 2.48 bits per heavy atom. The second-order valence-corrected chi connectivity index (χ2v) is 10.7. The van der Waals surface area contributed by atoms with E-state index in [1.807, 2.05) is 31.7 Å². The molecule has 33 heavy (non-hydrogen) atoms. The predicted octanol–water partition coefficient (Wildman–Crippen LogP) is 4.28. The fourth-order valence-electron chi connectivity index (χ4n) is 5.36. The Hall–Kier alpha value is -2.38. The molecule has 176 valence electrons. The number of hydrogen-bond acceptors (Lipinski definition) is 6. The fourth-order valence-corrected chi connectivity index (χ4v) is 5.54. The number of hydrogen-bond donors (Lipinski definition) is 0. The molecule has 2 fully saturated rings. The molecule has 8 heteroatoms. The summed E-state index contributed by atoms with van der Waals surface area (Å²) >= 11 is 6.40. The van der Waals surface area contributed by atoms with Crippen molar-refractivity contribution in [3.05, 3.63) is 52.4 Å². The Bertz CT molecular complexity index is 1010. The SMILES string of the molecule is CC(C)(C)OC(=O)N1C2CCC1CN(c1nc(Cl)nc3c1CCN(Cc1ccccc1)C3)C2. The summed E-state index contributed by atoms with van der Waals surface area (Å²) in [4.78, 5) is 28.8. The summed E-state index contributed by atoms with van der Waals surface area (Å²) in [5.41, 5.74) is 3.04. The van der Waals surface area contributed by atoms with Crippen LogP contribution < -0.4 is 4.90 Å². The van der Waals surface area contributed by atoms with Gasteiger partial charge in [0.1, 0.15) is 11.4 Å². The average molecular weight is 470 g/mol. The number of ether oxygens (including phenoxy) is 1. The van der Waals surface area contributed by atoms with E-state index < -0.39 is 5.60 Å². The third kappa shape index (κ3) is 4.80. The van der Waals surface area contributed by atoms with E-state index in [1.165, 1.54) is 11.1 Å². The molecule has 4 heterocycles. The van der Waals surface area contributed by atoms with Crippen LogP contribution in [0.2, 0.25) is 5.28 Å². The van der Waals surface area contributed by atoms with Gasteiger partial charge in [-0.1, -0.05) is 30.3 Å². The lowest BCUT2D eigenvalue weighted by atomic mass is 10.0. The number of halogens is 1. The Labute approximate surface area is 200 Å². The lowest BCUT2D eigenvalue weighted by Crippen LogP contribution is -2.57. The number of benzene rings is 1. The molecule has 2 aromatic rings. The molecule has 1 aromatic heterocycles. The summed E-state index contributed by atoms with van der Waals surface area (Å²) in [5, 5.41) is 0.298. The summed E-state index contributed by atoms with van der Waals surface area (Å²) < 4.78 is 5.69. The molecule has 2 bridgehead atoms. The molecule has 5 rings (SSSR count). The number of nitrogens with zero attached hydrogens (tertiary/aromatic N) is 5. The first-order valence-electron chi connectivity index (χ1n) is 11.8. The van der Waals surface area contributed by atoms with Crippen LogP contribution in [0.3, 0.4) is 0 Å². The number of fused-ring (bicyclic) bond motifs is 3. The third-order valence-corrected chi connectivity index (χ3v) is 6.90. The molecule has 2 atom stereocenters. The van der Waals surface area contributed by atoms with Crippen LogP contribution >= 0.6 is 11.6 Å². The number of aromatic nitrogens is 2. The normalized spacial score (nSPS) is 22.9. The predicted molar refractivity (Wildman–Crippen MR) is 128 cm³/mol. The van der Waals surface area contributed by atoms with E-state index >= 15 is 0 Å². The maximum atomic E-state index is 12.8. The zero-order valence-electron chi connectivity index (χ0n) is 19.6. The highest BCUT2D eigenvalue weighted by atomic mass is 35.5. The number of piperazine rings is 1. The van der Waals surface area contributed by atoms with Crippen molar-refractivity contribution in [2.45, 2.75) is 70.8 Å². The largest absolute Gasteiger partial charge is 0.444 e. The number of carbonyl (C=O) groups excluding carboxylic acids is 1. The number of carbonyl (C=O) groups is 1. The van der Waals surface area contributed by atoms with Crippen LogP contribution in [0.1, 0.15) is 50.4 Å². The highest BCUT2D eigenvalue weighted by Crippen LogP contribution is 2.36. The van der Waals surface area contributed by atoms with E-state index in [2.05, 4.69) is 44.0 Å². The molecular formula is C25H32ClN5O2. The van der Waals surface area contributed by atoms with Gasteiger partial charge in [-0.25, -0.2) is 14.8 Å². The van der Waals surface area contributed by atoms with Gasteiger partial charge in [-0.15, -0.1) is 0 Å². The van der Waals surface area contributed by atoms with Crippen LogP contribution in [-0.4, -0.2) is 63.2 Å². The molecule has 0 spiro atoms. The molecule has 2 saturated heterocycles. The first-order valence-corrected chi connectivity index (χ1v) is 12.2. The molecule has 1 amide bonds. The van der Waals surface area contributed by atoms with E-state index in [0.29, 0.717) is 5.28 Å². The molecule has 7 nitrogen and oxygen atoms in total. The van der Waals surface area contributed by atoms with Crippen LogP contribution in [0.5, 0.6) is 0 Å². The van der Waals surface area contributed by atoms with Gasteiger partial charge in [-0.3, -0.25) is 9.80 Å². The maximum Gasteiger partial charge on any atom is 0.410 e. The first-order chi connectivity index (χ1) is 15.8. The molecule has 2 unspecified atom stereocenters. The van der Waals surface area contributed by atoms with Gasteiger partial charge in [0.15, 0.2) is 0 Å². The van der Waals surface area contributed by atoms with Gasteiger partial charge < -0.3 is 9.64 Å². The topological polar surface area (TPSA) is 61.8 Å². The molecule has 0 N–H and O–H groups in total. The Morgan fingerprint density at radius 1 is 1.12 bits per heavy atom. The quantitative estimate of drug-likeness (QED) is 0.625. The van der Waals surface area contributed by atoms with Crippen molar-refractivity contribution in [1.82, 2.24) is 19.8 Å².